The summed E-state index contributed by atoms with van der Waals surface area (Å²) in [4.78, 5) is 29.3. The molecule has 1 aliphatic rings. The Hall–Kier alpha value is -3.22. The van der Waals surface area contributed by atoms with Crippen LogP contribution in [0.3, 0.4) is 0 Å². The van der Waals surface area contributed by atoms with Gasteiger partial charge in [-0.2, -0.15) is 0 Å². The summed E-state index contributed by atoms with van der Waals surface area (Å²) in [7, 11) is 3.10. The van der Waals surface area contributed by atoms with Crippen molar-refractivity contribution in [3.63, 3.8) is 0 Å². The lowest BCUT2D eigenvalue weighted by molar-refractivity contribution is -0.139. The van der Waals surface area contributed by atoms with Gasteiger partial charge in [0, 0.05) is 54.6 Å². The average Bonchev–Trinajstić information content (AvgIpc) is 2.78. The van der Waals surface area contributed by atoms with Crippen LogP contribution in [0.2, 0.25) is 0 Å². The monoisotopic (exact) mass is 425 g/mol. The highest BCUT2D eigenvalue weighted by atomic mass is 16.5. The summed E-state index contributed by atoms with van der Waals surface area (Å²) in [6.45, 7) is 8.87. The smallest absolute Gasteiger partial charge is 0.255 e. The number of amides is 2. The van der Waals surface area contributed by atoms with Crippen molar-refractivity contribution in [2.45, 2.75) is 20.8 Å². The molecule has 1 fully saturated rings. The lowest BCUT2D eigenvalue weighted by Crippen LogP contribution is -2.51. The number of rotatable bonds is 5. The van der Waals surface area contributed by atoms with Gasteiger partial charge in [0.05, 0.1) is 14.2 Å². The molecule has 0 saturated carbocycles. The van der Waals surface area contributed by atoms with Gasteiger partial charge in [-0.25, -0.2) is 0 Å². The lowest BCUT2D eigenvalue weighted by atomic mass is 9.94. The zero-order chi connectivity index (χ0) is 22.6. The molecule has 0 bridgehead atoms. The maximum absolute atomic E-state index is 12.6. The van der Waals surface area contributed by atoms with Gasteiger partial charge in [-0.15, -0.1) is 0 Å². The molecule has 0 aliphatic carbocycles. The van der Waals surface area contributed by atoms with Gasteiger partial charge in [-0.3, -0.25) is 9.59 Å². The number of anilines is 2. The SMILES string of the molecule is COc1cc(OC)cc(C(=O)Nc2ccc(N3CCN(C(=O)C(C)(C)C)CC3)cc2)c1. The predicted octanol–water partition coefficient (Wildman–Crippen LogP) is 3.65. The van der Waals surface area contributed by atoms with Gasteiger partial charge in [0.1, 0.15) is 11.5 Å². The van der Waals surface area contributed by atoms with Gasteiger partial charge >= 0.3 is 0 Å². The van der Waals surface area contributed by atoms with Crippen LogP contribution in [0, 0.1) is 5.41 Å². The number of piperazine rings is 1. The zero-order valence-corrected chi connectivity index (χ0v) is 18.9. The maximum atomic E-state index is 12.6. The van der Waals surface area contributed by atoms with Crippen LogP contribution in [0.4, 0.5) is 11.4 Å². The van der Waals surface area contributed by atoms with E-state index in [4.69, 9.17) is 9.47 Å². The molecular formula is C24H31N3O4. The number of ether oxygens (including phenoxy) is 2. The second-order valence-corrected chi connectivity index (χ2v) is 8.63. The predicted molar refractivity (Wildman–Crippen MR) is 122 cm³/mol. The summed E-state index contributed by atoms with van der Waals surface area (Å²) >= 11 is 0. The van der Waals surface area contributed by atoms with E-state index in [2.05, 4.69) is 10.2 Å². The molecule has 1 heterocycles. The Morgan fingerprint density at radius 1 is 0.871 bits per heavy atom. The molecule has 0 unspecified atom stereocenters. The third-order valence-electron chi connectivity index (χ3n) is 5.31. The summed E-state index contributed by atoms with van der Waals surface area (Å²) in [5.74, 6) is 1.08. The van der Waals surface area contributed by atoms with Crippen LogP contribution in [0.1, 0.15) is 31.1 Å². The third-order valence-corrected chi connectivity index (χ3v) is 5.31. The van der Waals surface area contributed by atoms with Crippen LogP contribution >= 0.6 is 0 Å². The number of hydrogen-bond acceptors (Lipinski definition) is 5. The average molecular weight is 426 g/mol. The fourth-order valence-corrected chi connectivity index (χ4v) is 3.54. The molecular weight excluding hydrogens is 394 g/mol. The summed E-state index contributed by atoms with van der Waals surface area (Å²) in [6.07, 6.45) is 0. The Bertz CT molecular complexity index is 905. The molecule has 2 aromatic rings. The first-order valence-electron chi connectivity index (χ1n) is 10.4. The Balaban J connectivity index is 1.61. The molecule has 166 valence electrons. The van der Waals surface area contributed by atoms with Crippen LogP contribution in [0.5, 0.6) is 11.5 Å². The topological polar surface area (TPSA) is 71.1 Å². The van der Waals surface area contributed by atoms with Crippen LogP contribution in [-0.4, -0.2) is 57.1 Å². The van der Waals surface area contributed by atoms with Gasteiger partial charge < -0.3 is 24.6 Å². The number of methoxy groups -OCH3 is 2. The van der Waals surface area contributed by atoms with Gasteiger partial charge in [0.15, 0.2) is 0 Å². The van der Waals surface area contributed by atoms with Gasteiger partial charge in [0.25, 0.3) is 5.91 Å². The Morgan fingerprint density at radius 3 is 1.90 bits per heavy atom. The van der Waals surface area contributed by atoms with Gasteiger partial charge in [-0.1, -0.05) is 20.8 Å². The van der Waals surface area contributed by atoms with E-state index in [0.29, 0.717) is 35.8 Å². The van der Waals surface area contributed by atoms with E-state index in [-0.39, 0.29) is 17.2 Å². The highest BCUT2D eigenvalue weighted by molar-refractivity contribution is 6.04. The van der Waals surface area contributed by atoms with Crippen molar-refractivity contribution in [3.8, 4) is 11.5 Å². The summed E-state index contributed by atoms with van der Waals surface area (Å²) < 4.78 is 10.5. The molecule has 7 heteroatoms. The van der Waals surface area contributed by atoms with E-state index in [1.807, 2.05) is 49.9 Å². The Kier molecular flexibility index (Phi) is 6.73. The minimum Gasteiger partial charge on any atom is -0.497 e. The van der Waals surface area contributed by atoms with Crippen molar-refractivity contribution in [1.29, 1.82) is 0 Å². The van der Waals surface area contributed by atoms with Crippen LogP contribution in [0.15, 0.2) is 42.5 Å². The van der Waals surface area contributed by atoms with Gasteiger partial charge in [0.2, 0.25) is 5.91 Å². The standard InChI is InChI=1S/C24H31N3O4/c1-24(2,3)23(29)27-12-10-26(11-13-27)19-8-6-18(7-9-19)25-22(28)17-14-20(30-4)16-21(15-17)31-5/h6-9,14-16H,10-13H2,1-5H3,(H,25,28). The van der Waals surface area contributed by atoms with Crippen molar-refractivity contribution in [3.05, 3.63) is 48.0 Å². The quantitative estimate of drug-likeness (QED) is 0.792. The molecule has 0 atom stereocenters. The van der Waals surface area contributed by atoms with Crippen LogP contribution < -0.4 is 19.7 Å². The van der Waals surface area contributed by atoms with Crippen molar-refractivity contribution < 1.29 is 19.1 Å². The molecule has 0 spiro atoms. The Morgan fingerprint density at radius 2 is 1.42 bits per heavy atom. The molecule has 0 radical (unpaired) electrons. The zero-order valence-electron chi connectivity index (χ0n) is 18.9. The second-order valence-electron chi connectivity index (χ2n) is 8.63. The largest absolute Gasteiger partial charge is 0.497 e. The number of nitrogens with zero attached hydrogens (tertiary/aromatic N) is 2. The van der Waals surface area contributed by atoms with Crippen molar-refractivity contribution in [2.24, 2.45) is 5.41 Å². The van der Waals surface area contributed by atoms with E-state index in [1.165, 1.54) is 0 Å². The summed E-state index contributed by atoms with van der Waals surface area (Å²) in [6, 6.07) is 12.8. The van der Waals surface area contributed by atoms with E-state index in [0.717, 1.165) is 18.8 Å². The van der Waals surface area contributed by atoms with E-state index in [9.17, 15) is 9.59 Å². The number of carbonyl (C=O) groups is 2. The lowest BCUT2D eigenvalue weighted by Gasteiger charge is -2.38. The summed E-state index contributed by atoms with van der Waals surface area (Å²) in [5.41, 5.74) is 1.88. The fraction of sp³-hybridized carbons (Fsp3) is 0.417. The molecule has 2 amide bonds. The molecule has 1 aliphatic heterocycles. The molecule has 1 N–H and O–H groups in total. The minimum absolute atomic E-state index is 0.194. The number of nitrogens with one attached hydrogen (secondary N) is 1. The number of hydrogen-bond donors (Lipinski definition) is 1. The van der Waals surface area contributed by atoms with Crippen molar-refractivity contribution in [2.75, 3.05) is 50.6 Å². The van der Waals surface area contributed by atoms with Crippen LogP contribution in [0.25, 0.3) is 0 Å². The summed E-state index contributed by atoms with van der Waals surface area (Å²) in [5, 5.41) is 2.91. The normalized spacial score (nSPS) is 14.2. The molecule has 7 nitrogen and oxygen atoms in total. The van der Waals surface area contributed by atoms with E-state index < -0.39 is 0 Å². The van der Waals surface area contributed by atoms with Gasteiger partial charge in [-0.05, 0) is 36.4 Å². The Labute approximate surface area is 183 Å². The first-order chi connectivity index (χ1) is 14.7. The van der Waals surface area contributed by atoms with Crippen molar-refractivity contribution in [1.82, 2.24) is 4.90 Å². The highest BCUT2D eigenvalue weighted by Gasteiger charge is 2.29. The van der Waals surface area contributed by atoms with Crippen molar-refractivity contribution >= 4 is 23.2 Å². The molecule has 31 heavy (non-hydrogen) atoms. The number of benzene rings is 2. The number of carbonyl (C=O) groups excluding carboxylic acids is 2. The minimum atomic E-state index is -0.352. The van der Waals surface area contributed by atoms with Crippen LogP contribution in [-0.2, 0) is 4.79 Å². The fourth-order valence-electron chi connectivity index (χ4n) is 3.54. The molecule has 2 aromatic carbocycles. The highest BCUT2D eigenvalue weighted by Crippen LogP contribution is 2.25. The van der Waals surface area contributed by atoms with E-state index >= 15 is 0 Å². The second kappa shape index (κ2) is 9.29. The first-order valence-corrected chi connectivity index (χ1v) is 10.4. The maximum Gasteiger partial charge on any atom is 0.255 e. The first kappa shape index (κ1) is 22.5. The molecule has 0 aromatic heterocycles. The molecule has 1 saturated heterocycles. The third kappa shape index (κ3) is 5.48. The van der Waals surface area contributed by atoms with E-state index in [1.54, 1.807) is 32.4 Å². The molecule has 3 rings (SSSR count).